The molecule has 1 saturated carbocycles. The Bertz CT molecular complexity index is 484. The summed E-state index contributed by atoms with van der Waals surface area (Å²) in [5.41, 5.74) is 0.739. The second-order valence-electron chi connectivity index (χ2n) is 5.94. The van der Waals surface area contributed by atoms with E-state index in [1.165, 1.54) is 19.3 Å². The van der Waals surface area contributed by atoms with Gasteiger partial charge in [0.25, 0.3) is 0 Å². The van der Waals surface area contributed by atoms with E-state index in [1.807, 2.05) is 6.92 Å². The number of hydrogen-bond acceptors (Lipinski definition) is 4. The number of rotatable bonds is 6. The summed E-state index contributed by atoms with van der Waals surface area (Å²) in [6.45, 7) is 5.08. The van der Waals surface area contributed by atoms with Crippen molar-refractivity contribution in [2.24, 2.45) is 18.9 Å². The van der Waals surface area contributed by atoms with Crippen LogP contribution in [-0.2, 0) is 13.5 Å². The molecule has 2 unspecified atom stereocenters. The molecular weight excluding hydrogens is 256 g/mol. The molecule has 6 nitrogen and oxygen atoms in total. The van der Waals surface area contributed by atoms with Crippen LogP contribution in [0.2, 0.25) is 0 Å². The molecule has 1 N–H and O–H groups in total. The Morgan fingerprint density at radius 3 is 2.80 bits per heavy atom. The Kier molecular flexibility index (Phi) is 4.62. The predicted octanol–water partition coefficient (Wildman–Crippen LogP) is 3.13. The average Bonchev–Trinajstić information content (AvgIpc) is 2.91. The molecule has 1 aliphatic rings. The monoisotopic (exact) mass is 280 g/mol. The van der Waals surface area contributed by atoms with E-state index in [4.69, 9.17) is 0 Å². The maximum absolute atomic E-state index is 11.3. The van der Waals surface area contributed by atoms with Gasteiger partial charge in [0.2, 0.25) is 5.82 Å². The minimum absolute atomic E-state index is 0.153. The number of nitro groups is 1. The van der Waals surface area contributed by atoms with Gasteiger partial charge in [-0.2, -0.15) is 5.10 Å². The molecule has 6 heteroatoms. The summed E-state index contributed by atoms with van der Waals surface area (Å²) in [4.78, 5) is 11.0. The Morgan fingerprint density at radius 2 is 2.25 bits per heavy atom. The first-order chi connectivity index (χ1) is 9.52. The third-order valence-electron chi connectivity index (χ3n) is 4.12. The molecule has 0 bridgehead atoms. The molecule has 2 atom stereocenters. The van der Waals surface area contributed by atoms with Crippen molar-refractivity contribution in [2.45, 2.75) is 46.0 Å². The van der Waals surface area contributed by atoms with Gasteiger partial charge in [-0.1, -0.05) is 26.7 Å². The molecule has 20 heavy (non-hydrogen) atoms. The summed E-state index contributed by atoms with van der Waals surface area (Å²) in [5, 5.41) is 18.8. The number of aromatic nitrogens is 2. The van der Waals surface area contributed by atoms with E-state index in [9.17, 15) is 10.1 Å². The highest BCUT2D eigenvalue weighted by Gasteiger charge is 2.27. The fraction of sp³-hybridized carbons (Fsp3) is 0.786. The Morgan fingerprint density at radius 1 is 1.50 bits per heavy atom. The lowest BCUT2D eigenvalue weighted by atomic mass is 10.1. The second-order valence-corrected chi connectivity index (χ2v) is 5.94. The zero-order valence-electron chi connectivity index (χ0n) is 12.6. The van der Waals surface area contributed by atoms with Crippen LogP contribution in [0.4, 0.5) is 11.5 Å². The topological polar surface area (TPSA) is 73.0 Å². The van der Waals surface area contributed by atoms with Gasteiger partial charge in [0.1, 0.15) is 5.69 Å². The van der Waals surface area contributed by atoms with Crippen LogP contribution in [0.15, 0.2) is 0 Å². The molecule has 0 aliphatic heterocycles. The lowest BCUT2D eigenvalue weighted by Gasteiger charge is -2.11. The Labute approximate surface area is 119 Å². The largest absolute Gasteiger partial charge is 0.364 e. The average molecular weight is 280 g/mol. The van der Waals surface area contributed by atoms with Gasteiger partial charge >= 0.3 is 5.69 Å². The standard InChI is InChI=1S/C14H24N4O2/c1-4-5-12-13(18(19)20)14(17(3)16-12)15-9-11-7-6-10(2)8-11/h10-11,15H,4-9H2,1-3H3. The van der Waals surface area contributed by atoms with Crippen LogP contribution in [0.3, 0.4) is 0 Å². The second kappa shape index (κ2) is 6.24. The van der Waals surface area contributed by atoms with E-state index in [2.05, 4.69) is 17.3 Å². The van der Waals surface area contributed by atoms with Crippen LogP contribution in [0.1, 0.15) is 45.2 Å². The van der Waals surface area contributed by atoms with Gasteiger partial charge in [-0.25, -0.2) is 4.68 Å². The minimum atomic E-state index is -0.308. The number of hydrogen-bond donors (Lipinski definition) is 1. The van der Waals surface area contributed by atoms with E-state index in [-0.39, 0.29) is 10.6 Å². The highest BCUT2D eigenvalue weighted by Crippen LogP contribution is 2.33. The van der Waals surface area contributed by atoms with Crippen LogP contribution in [0.5, 0.6) is 0 Å². The highest BCUT2D eigenvalue weighted by molar-refractivity contribution is 5.59. The van der Waals surface area contributed by atoms with Crippen molar-refractivity contribution >= 4 is 11.5 Å². The molecule has 1 aromatic rings. The van der Waals surface area contributed by atoms with Crippen molar-refractivity contribution in [1.29, 1.82) is 0 Å². The number of anilines is 1. The normalized spacial score (nSPS) is 22.1. The number of nitrogens with one attached hydrogen (secondary N) is 1. The molecule has 1 aromatic heterocycles. The highest BCUT2D eigenvalue weighted by atomic mass is 16.6. The third-order valence-corrected chi connectivity index (χ3v) is 4.12. The van der Waals surface area contributed by atoms with Gasteiger partial charge in [0.05, 0.1) is 4.92 Å². The molecular formula is C14H24N4O2. The van der Waals surface area contributed by atoms with Crippen molar-refractivity contribution in [3.05, 3.63) is 15.8 Å². The van der Waals surface area contributed by atoms with Crippen molar-refractivity contribution in [2.75, 3.05) is 11.9 Å². The zero-order valence-corrected chi connectivity index (χ0v) is 12.6. The molecule has 0 amide bonds. The summed E-state index contributed by atoms with van der Waals surface area (Å²) in [6.07, 6.45) is 5.19. The van der Waals surface area contributed by atoms with Gasteiger partial charge in [-0.3, -0.25) is 10.1 Å². The Hall–Kier alpha value is -1.59. The van der Waals surface area contributed by atoms with Gasteiger partial charge < -0.3 is 5.32 Å². The van der Waals surface area contributed by atoms with Crippen molar-refractivity contribution in [3.63, 3.8) is 0 Å². The molecule has 0 saturated heterocycles. The van der Waals surface area contributed by atoms with Crippen molar-refractivity contribution in [3.8, 4) is 0 Å². The molecule has 0 aromatic carbocycles. The maximum atomic E-state index is 11.3. The SMILES string of the molecule is CCCc1nn(C)c(NCC2CCC(C)C2)c1[N+](=O)[O-]. The van der Waals surface area contributed by atoms with Crippen LogP contribution in [-0.4, -0.2) is 21.2 Å². The summed E-state index contributed by atoms with van der Waals surface area (Å²) >= 11 is 0. The van der Waals surface area contributed by atoms with E-state index >= 15 is 0 Å². The summed E-state index contributed by atoms with van der Waals surface area (Å²) in [6, 6.07) is 0. The lowest BCUT2D eigenvalue weighted by Crippen LogP contribution is -2.14. The van der Waals surface area contributed by atoms with Crippen molar-refractivity contribution in [1.82, 2.24) is 9.78 Å². The first-order valence-corrected chi connectivity index (χ1v) is 7.47. The van der Waals surface area contributed by atoms with Crippen LogP contribution >= 0.6 is 0 Å². The molecule has 0 spiro atoms. The Balaban J connectivity index is 2.11. The first-order valence-electron chi connectivity index (χ1n) is 7.47. The third kappa shape index (κ3) is 3.11. The first kappa shape index (κ1) is 14.8. The van der Waals surface area contributed by atoms with E-state index in [0.29, 0.717) is 23.9 Å². The molecule has 1 heterocycles. The summed E-state index contributed by atoms with van der Waals surface area (Å²) in [5.74, 6) is 1.95. The fourth-order valence-electron chi connectivity index (χ4n) is 3.11. The van der Waals surface area contributed by atoms with Crippen LogP contribution in [0, 0.1) is 22.0 Å². The maximum Gasteiger partial charge on any atom is 0.333 e. The van der Waals surface area contributed by atoms with Crippen LogP contribution in [0.25, 0.3) is 0 Å². The zero-order chi connectivity index (χ0) is 14.7. The molecule has 1 fully saturated rings. The fourth-order valence-corrected chi connectivity index (χ4v) is 3.11. The van der Waals surface area contributed by atoms with Gasteiger partial charge in [0, 0.05) is 13.6 Å². The number of nitrogens with zero attached hydrogens (tertiary/aromatic N) is 3. The van der Waals surface area contributed by atoms with E-state index in [0.717, 1.165) is 18.9 Å². The smallest absolute Gasteiger partial charge is 0.333 e. The van der Waals surface area contributed by atoms with Crippen LogP contribution < -0.4 is 5.32 Å². The lowest BCUT2D eigenvalue weighted by molar-refractivity contribution is -0.384. The minimum Gasteiger partial charge on any atom is -0.364 e. The van der Waals surface area contributed by atoms with Gasteiger partial charge in [-0.15, -0.1) is 0 Å². The quantitative estimate of drug-likeness (QED) is 0.642. The molecule has 2 rings (SSSR count). The van der Waals surface area contributed by atoms with E-state index in [1.54, 1.807) is 11.7 Å². The molecule has 112 valence electrons. The van der Waals surface area contributed by atoms with Gasteiger partial charge in [-0.05, 0) is 31.1 Å². The predicted molar refractivity (Wildman–Crippen MR) is 78.9 cm³/mol. The summed E-state index contributed by atoms with van der Waals surface area (Å²) < 4.78 is 1.61. The molecule has 0 radical (unpaired) electrons. The van der Waals surface area contributed by atoms with Gasteiger partial charge in [0.15, 0.2) is 0 Å². The van der Waals surface area contributed by atoms with Crippen molar-refractivity contribution < 1.29 is 4.92 Å². The number of aryl methyl sites for hydroxylation is 2. The van der Waals surface area contributed by atoms with E-state index < -0.39 is 0 Å². The summed E-state index contributed by atoms with van der Waals surface area (Å²) in [7, 11) is 1.77. The molecule has 1 aliphatic carbocycles.